The van der Waals surface area contributed by atoms with Crippen LogP contribution in [-0.4, -0.2) is 37.5 Å². The summed E-state index contributed by atoms with van der Waals surface area (Å²) in [5, 5.41) is 0. The van der Waals surface area contributed by atoms with Gasteiger partial charge in [0.1, 0.15) is 5.56 Å². The average molecular weight is 348 g/mol. The largest absolute Gasteiger partial charge is 0.335 e. The molecule has 0 aliphatic carbocycles. The van der Waals surface area contributed by atoms with Gasteiger partial charge in [-0.3, -0.25) is 9.59 Å². The first-order valence-corrected chi connectivity index (χ1v) is 9.27. The zero-order valence-corrected chi connectivity index (χ0v) is 14.8. The van der Waals surface area contributed by atoms with Crippen LogP contribution in [0, 0.1) is 6.92 Å². The maximum Gasteiger partial charge on any atom is 0.260 e. The van der Waals surface area contributed by atoms with E-state index in [0.717, 1.165) is 11.8 Å². The summed E-state index contributed by atoms with van der Waals surface area (Å²) in [5.74, 6) is -0.393. The number of rotatable bonds is 4. The number of amides is 1. The summed E-state index contributed by atoms with van der Waals surface area (Å²) in [7, 11) is -1.65. The summed E-state index contributed by atoms with van der Waals surface area (Å²) in [6, 6.07) is 9.23. The molecule has 7 heteroatoms. The molecule has 0 radical (unpaired) electrons. The van der Waals surface area contributed by atoms with E-state index in [1.165, 1.54) is 23.1 Å². The van der Waals surface area contributed by atoms with E-state index in [2.05, 4.69) is 4.98 Å². The summed E-state index contributed by atoms with van der Waals surface area (Å²) in [4.78, 5) is 28.7. The Morgan fingerprint density at radius 1 is 1.12 bits per heavy atom. The number of nitrogens with zero attached hydrogens (tertiary/aromatic N) is 1. The summed E-state index contributed by atoms with van der Waals surface area (Å²) in [6.07, 6.45) is 1.14. The van der Waals surface area contributed by atoms with Gasteiger partial charge in [0.05, 0.1) is 10.9 Å². The third-order valence-corrected chi connectivity index (χ3v) is 5.11. The number of nitrogens with one attached hydrogen (secondary N) is 1. The highest BCUT2D eigenvalue weighted by Crippen LogP contribution is 2.21. The van der Waals surface area contributed by atoms with Crippen LogP contribution in [0.25, 0.3) is 0 Å². The van der Waals surface area contributed by atoms with Gasteiger partial charge < -0.3 is 9.88 Å². The Balaban J connectivity index is 2.27. The first kappa shape index (κ1) is 17.9. The second-order valence-electron chi connectivity index (χ2n) is 5.82. The van der Waals surface area contributed by atoms with Crippen LogP contribution in [0.15, 0.2) is 46.1 Å². The number of sulfone groups is 1. The Labute approximate surface area is 141 Å². The first-order valence-electron chi connectivity index (χ1n) is 7.38. The number of hydrogen-bond donors (Lipinski definition) is 1. The van der Waals surface area contributed by atoms with Crippen molar-refractivity contribution in [1.82, 2.24) is 9.88 Å². The number of H-pyrrole nitrogens is 1. The van der Waals surface area contributed by atoms with Gasteiger partial charge in [-0.25, -0.2) is 8.42 Å². The predicted molar refractivity (Wildman–Crippen MR) is 91.9 cm³/mol. The number of hydrogen-bond acceptors (Lipinski definition) is 4. The van der Waals surface area contributed by atoms with Crippen LogP contribution < -0.4 is 5.56 Å². The minimum atomic E-state index is -3.26. The van der Waals surface area contributed by atoms with E-state index >= 15 is 0 Å². The molecule has 0 bridgehead atoms. The Bertz CT molecular complexity index is 914. The molecule has 0 saturated carbocycles. The lowest BCUT2D eigenvalue weighted by Gasteiger charge is -2.25. The summed E-state index contributed by atoms with van der Waals surface area (Å²) >= 11 is 0. The highest BCUT2D eigenvalue weighted by Gasteiger charge is 2.21. The van der Waals surface area contributed by atoms with E-state index in [4.69, 9.17) is 0 Å². The Kier molecular flexibility index (Phi) is 4.94. The lowest BCUT2D eigenvalue weighted by atomic mass is 10.1. The van der Waals surface area contributed by atoms with Gasteiger partial charge in [-0.15, -0.1) is 0 Å². The highest BCUT2D eigenvalue weighted by molar-refractivity contribution is 7.90. The third-order valence-electron chi connectivity index (χ3n) is 3.98. The number of carbonyl (C=O) groups excluding carboxylic acids is 1. The molecule has 0 fully saturated rings. The molecule has 1 N–H and O–H groups in total. The first-order chi connectivity index (χ1) is 11.1. The van der Waals surface area contributed by atoms with Gasteiger partial charge in [-0.2, -0.15) is 0 Å². The maximum absolute atomic E-state index is 12.5. The molecule has 128 valence electrons. The van der Waals surface area contributed by atoms with Gasteiger partial charge in [-0.1, -0.05) is 12.1 Å². The van der Waals surface area contributed by atoms with Crippen LogP contribution >= 0.6 is 0 Å². The number of pyridine rings is 1. The number of aromatic amines is 1. The molecular weight excluding hydrogens is 328 g/mol. The second-order valence-corrected chi connectivity index (χ2v) is 7.83. The number of aryl methyl sites for hydroxylation is 1. The summed E-state index contributed by atoms with van der Waals surface area (Å²) in [6.45, 7) is 3.56. The van der Waals surface area contributed by atoms with Gasteiger partial charge in [0.15, 0.2) is 9.84 Å². The van der Waals surface area contributed by atoms with Crippen molar-refractivity contribution in [1.29, 1.82) is 0 Å². The smallest absolute Gasteiger partial charge is 0.260 e. The molecular formula is C17H20N2O4S. The van der Waals surface area contributed by atoms with Gasteiger partial charge in [-0.05, 0) is 43.7 Å². The Hall–Kier alpha value is -2.41. The minimum absolute atomic E-state index is 0.0720. The molecule has 1 unspecified atom stereocenters. The fourth-order valence-electron chi connectivity index (χ4n) is 2.32. The Morgan fingerprint density at radius 2 is 1.71 bits per heavy atom. The molecule has 1 amide bonds. The lowest BCUT2D eigenvalue weighted by Crippen LogP contribution is -2.33. The number of aromatic nitrogens is 1. The molecule has 0 spiro atoms. The van der Waals surface area contributed by atoms with Crippen molar-refractivity contribution >= 4 is 15.7 Å². The fourth-order valence-corrected chi connectivity index (χ4v) is 2.95. The van der Waals surface area contributed by atoms with Crippen LogP contribution in [0.1, 0.15) is 34.6 Å². The van der Waals surface area contributed by atoms with Crippen molar-refractivity contribution in [2.75, 3.05) is 13.3 Å². The van der Waals surface area contributed by atoms with Crippen LogP contribution in [0.3, 0.4) is 0 Å². The monoisotopic (exact) mass is 348 g/mol. The topological polar surface area (TPSA) is 87.3 Å². The Morgan fingerprint density at radius 3 is 2.21 bits per heavy atom. The number of carbonyl (C=O) groups is 1. The van der Waals surface area contributed by atoms with Gasteiger partial charge >= 0.3 is 0 Å². The average Bonchev–Trinajstić information content (AvgIpc) is 2.52. The van der Waals surface area contributed by atoms with E-state index in [-0.39, 0.29) is 16.5 Å². The van der Waals surface area contributed by atoms with E-state index in [0.29, 0.717) is 5.69 Å². The zero-order chi connectivity index (χ0) is 18.1. The molecule has 2 rings (SSSR count). The quantitative estimate of drug-likeness (QED) is 0.914. The highest BCUT2D eigenvalue weighted by atomic mass is 32.2. The lowest BCUT2D eigenvalue weighted by molar-refractivity contribution is 0.0740. The fraction of sp³-hybridized carbons (Fsp3) is 0.294. The molecule has 1 aromatic heterocycles. The molecule has 0 aliphatic rings. The van der Waals surface area contributed by atoms with Crippen LogP contribution in [0.4, 0.5) is 0 Å². The molecule has 0 saturated heterocycles. The normalized spacial score (nSPS) is 12.7. The van der Waals surface area contributed by atoms with Crippen LogP contribution in [0.2, 0.25) is 0 Å². The molecule has 1 heterocycles. The zero-order valence-electron chi connectivity index (χ0n) is 14.0. The maximum atomic E-state index is 12.5. The molecule has 6 nitrogen and oxygen atoms in total. The van der Waals surface area contributed by atoms with Crippen molar-refractivity contribution in [2.24, 2.45) is 0 Å². The molecule has 2 aromatic rings. The van der Waals surface area contributed by atoms with E-state index < -0.39 is 21.3 Å². The standard InChI is InChI=1S/C17H20N2O4S/c1-11-5-10-15(16(20)18-11)17(21)19(3)12(2)13-6-8-14(9-7-13)24(4,22)23/h5-10,12H,1-4H3,(H,18,20). The predicted octanol–water partition coefficient (Wildman–Crippen LogP) is 1.92. The van der Waals surface area contributed by atoms with Crippen molar-refractivity contribution < 1.29 is 13.2 Å². The van der Waals surface area contributed by atoms with Crippen molar-refractivity contribution in [3.05, 3.63) is 63.6 Å². The van der Waals surface area contributed by atoms with Crippen molar-refractivity contribution in [2.45, 2.75) is 24.8 Å². The molecule has 0 aliphatic heterocycles. The SMILES string of the molecule is Cc1ccc(C(=O)N(C)C(C)c2ccc(S(C)(=O)=O)cc2)c(=O)[nH]1. The molecule has 1 atom stereocenters. The van der Waals surface area contributed by atoms with E-state index in [9.17, 15) is 18.0 Å². The number of benzene rings is 1. The molecule has 24 heavy (non-hydrogen) atoms. The van der Waals surface area contributed by atoms with Crippen molar-refractivity contribution in [3.63, 3.8) is 0 Å². The van der Waals surface area contributed by atoms with E-state index in [1.54, 1.807) is 32.2 Å². The van der Waals surface area contributed by atoms with Crippen molar-refractivity contribution in [3.8, 4) is 0 Å². The second kappa shape index (κ2) is 6.60. The third kappa shape index (κ3) is 3.73. The summed E-state index contributed by atoms with van der Waals surface area (Å²) < 4.78 is 23.0. The minimum Gasteiger partial charge on any atom is -0.335 e. The van der Waals surface area contributed by atoms with E-state index in [1.807, 2.05) is 6.92 Å². The van der Waals surface area contributed by atoms with Gasteiger partial charge in [0, 0.05) is 19.0 Å². The van der Waals surface area contributed by atoms with Crippen LogP contribution in [0.5, 0.6) is 0 Å². The van der Waals surface area contributed by atoms with Gasteiger partial charge in [0.2, 0.25) is 0 Å². The van der Waals surface area contributed by atoms with Crippen LogP contribution in [-0.2, 0) is 9.84 Å². The summed E-state index contributed by atoms with van der Waals surface area (Å²) in [5.41, 5.74) is 1.11. The molecule has 1 aromatic carbocycles. The van der Waals surface area contributed by atoms with Gasteiger partial charge in [0.25, 0.3) is 11.5 Å².